The average molecular weight is 264 g/mol. The molecule has 3 rings (SSSR count). The van der Waals surface area contributed by atoms with Crippen molar-refractivity contribution in [2.75, 3.05) is 13.2 Å². The zero-order chi connectivity index (χ0) is 12.7. The van der Waals surface area contributed by atoms with E-state index in [9.17, 15) is 9.59 Å². The fourth-order valence-corrected chi connectivity index (χ4v) is 3.10. The van der Waals surface area contributed by atoms with Crippen LogP contribution in [-0.2, 0) is 9.53 Å². The van der Waals surface area contributed by atoms with Gasteiger partial charge < -0.3 is 10.1 Å². The highest BCUT2D eigenvalue weighted by Crippen LogP contribution is 2.36. The molecule has 0 saturated carbocycles. The number of esters is 1. The minimum absolute atomic E-state index is 0.173. The Hall–Kier alpha value is -1.82. The average Bonchev–Trinajstić information content (AvgIpc) is 2.99. The van der Waals surface area contributed by atoms with Gasteiger partial charge in [0, 0.05) is 11.4 Å². The van der Waals surface area contributed by atoms with Crippen LogP contribution in [0.4, 0.5) is 4.79 Å². The largest absolute Gasteiger partial charge is 0.456 e. The summed E-state index contributed by atoms with van der Waals surface area (Å²) in [5.74, 6) is -0.332. The number of rotatable bonds is 2. The third-order valence-corrected chi connectivity index (χ3v) is 4.08. The summed E-state index contributed by atoms with van der Waals surface area (Å²) in [6, 6.07) is 3.27. The van der Waals surface area contributed by atoms with Gasteiger partial charge >= 0.3 is 12.0 Å². The molecule has 1 atom stereocenters. The van der Waals surface area contributed by atoms with Gasteiger partial charge in [-0.05, 0) is 18.4 Å². The number of cyclic esters (lactones) is 1. The van der Waals surface area contributed by atoms with Crippen LogP contribution in [0.1, 0.15) is 17.8 Å². The van der Waals surface area contributed by atoms with Crippen molar-refractivity contribution in [1.82, 2.24) is 10.2 Å². The monoisotopic (exact) mass is 264 g/mol. The summed E-state index contributed by atoms with van der Waals surface area (Å²) in [5.41, 5.74) is 1.27. The number of likely N-dealkylation sites (N-methyl/N-ethyl adjacent to an activating group) is 1. The molecule has 18 heavy (non-hydrogen) atoms. The highest BCUT2D eigenvalue weighted by molar-refractivity contribution is 7.10. The summed E-state index contributed by atoms with van der Waals surface area (Å²) in [5, 5.41) is 4.79. The Bertz CT molecular complexity index is 536. The van der Waals surface area contributed by atoms with Gasteiger partial charge in [0.05, 0.1) is 17.3 Å². The first-order chi connectivity index (χ1) is 8.72. The highest BCUT2D eigenvalue weighted by Gasteiger charge is 2.41. The maximum Gasteiger partial charge on any atom is 0.338 e. The Morgan fingerprint density at radius 3 is 3.06 bits per heavy atom. The Morgan fingerprint density at radius 1 is 1.56 bits per heavy atom. The Labute approximate surface area is 108 Å². The van der Waals surface area contributed by atoms with E-state index in [2.05, 4.69) is 5.32 Å². The second kappa shape index (κ2) is 4.13. The second-order valence-electron chi connectivity index (χ2n) is 4.08. The Kier molecular flexibility index (Phi) is 2.59. The summed E-state index contributed by atoms with van der Waals surface area (Å²) in [7, 11) is 0. The van der Waals surface area contributed by atoms with Crippen molar-refractivity contribution in [3.05, 3.63) is 33.7 Å². The maximum absolute atomic E-state index is 12.0. The van der Waals surface area contributed by atoms with E-state index in [1.807, 2.05) is 24.4 Å². The van der Waals surface area contributed by atoms with Crippen LogP contribution < -0.4 is 5.32 Å². The predicted octanol–water partition coefficient (Wildman–Crippen LogP) is 1.65. The van der Waals surface area contributed by atoms with Crippen LogP contribution in [0.3, 0.4) is 0 Å². The van der Waals surface area contributed by atoms with Crippen LogP contribution in [0.2, 0.25) is 0 Å². The quantitative estimate of drug-likeness (QED) is 0.826. The number of ether oxygens (including phenoxy) is 1. The lowest BCUT2D eigenvalue weighted by Gasteiger charge is -2.31. The molecule has 3 heterocycles. The fourth-order valence-electron chi connectivity index (χ4n) is 2.31. The second-order valence-corrected chi connectivity index (χ2v) is 5.06. The van der Waals surface area contributed by atoms with Crippen molar-refractivity contribution in [3.8, 4) is 0 Å². The lowest BCUT2D eigenvalue weighted by molar-refractivity contribution is -0.136. The first-order valence-corrected chi connectivity index (χ1v) is 6.62. The van der Waals surface area contributed by atoms with Gasteiger partial charge in [-0.2, -0.15) is 0 Å². The molecule has 94 valence electrons. The lowest BCUT2D eigenvalue weighted by Crippen LogP contribution is -2.46. The molecular formula is C12H12N2O3S. The van der Waals surface area contributed by atoms with Crippen molar-refractivity contribution in [3.63, 3.8) is 0 Å². The molecule has 0 bridgehead atoms. The number of hydrogen-bond donors (Lipinski definition) is 1. The van der Waals surface area contributed by atoms with E-state index in [4.69, 9.17) is 4.74 Å². The summed E-state index contributed by atoms with van der Waals surface area (Å²) in [6.45, 7) is 2.59. The predicted molar refractivity (Wildman–Crippen MR) is 66.0 cm³/mol. The van der Waals surface area contributed by atoms with Gasteiger partial charge in [-0.15, -0.1) is 11.3 Å². The van der Waals surface area contributed by atoms with E-state index in [1.165, 1.54) is 11.3 Å². The van der Waals surface area contributed by atoms with Gasteiger partial charge in [0.15, 0.2) is 0 Å². The summed E-state index contributed by atoms with van der Waals surface area (Å²) in [6.07, 6.45) is 0. The molecule has 5 nitrogen and oxygen atoms in total. The number of hydrogen-bond acceptors (Lipinski definition) is 4. The smallest absolute Gasteiger partial charge is 0.338 e. The molecule has 2 aliphatic rings. The lowest BCUT2D eigenvalue weighted by atomic mass is 10.0. The van der Waals surface area contributed by atoms with Crippen molar-refractivity contribution in [1.29, 1.82) is 0 Å². The topological polar surface area (TPSA) is 58.6 Å². The van der Waals surface area contributed by atoms with Gasteiger partial charge in [0.2, 0.25) is 0 Å². The van der Waals surface area contributed by atoms with Crippen molar-refractivity contribution < 1.29 is 14.3 Å². The van der Waals surface area contributed by atoms with E-state index in [1.54, 1.807) is 4.90 Å². The molecule has 1 aromatic heterocycles. The van der Waals surface area contributed by atoms with Crippen LogP contribution in [0.15, 0.2) is 28.8 Å². The molecular weight excluding hydrogens is 252 g/mol. The number of carbonyl (C=O) groups excluding carboxylic acids is 2. The minimum atomic E-state index is -0.370. The van der Waals surface area contributed by atoms with E-state index < -0.39 is 0 Å². The van der Waals surface area contributed by atoms with Crippen molar-refractivity contribution in [2.24, 2.45) is 0 Å². The van der Waals surface area contributed by atoms with Crippen LogP contribution >= 0.6 is 11.3 Å². The number of carbonyl (C=O) groups is 2. The fraction of sp³-hybridized carbons (Fsp3) is 0.333. The Morgan fingerprint density at radius 2 is 2.39 bits per heavy atom. The first kappa shape index (κ1) is 11.3. The molecule has 0 aromatic carbocycles. The summed E-state index contributed by atoms with van der Waals surface area (Å²) in [4.78, 5) is 26.3. The van der Waals surface area contributed by atoms with Crippen LogP contribution in [0.5, 0.6) is 0 Å². The third kappa shape index (κ3) is 1.53. The molecule has 2 amide bonds. The number of thiophene rings is 1. The third-order valence-electron chi connectivity index (χ3n) is 3.14. The molecule has 6 heteroatoms. The van der Waals surface area contributed by atoms with Gasteiger partial charge in [0.25, 0.3) is 0 Å². The van der Waals surface area contributed by atoms with Gasteiger partial charge in [-0.25, -0.2) is 9.59 Å². The molecule has 0 aliphatic carbocycles. The van der Waals surface area contributed by atoms with Gasteiger partial charge in [-0.1, -0.05) is 6.07 Å². The van der Waals surface area contributed by atoms with E-state index in [0.717, 1.165) is 4.88 Å². The summed E-state index contributed by atoms with van der Waals surface area (Å²) < 4.78 is 5.07. The molecule has 2 aliphatic heterocycles. The minimum Gasteiger partial charge on any atom is -0.456 e. The molecule has 1 N–H and O–H groups in total. The zero-order valence-electron chi connectivity index (χ0n) is 9.80. The SMILES string of the molecule is CCN1C(=O)N[C@H](c2cccs2)C2=C1COC2=O. The molecule has 0 saturated heterocycles. The first-order valence-electron chi connectivity index (χ1n) is 5.74. The molecule has 0 spiro atoms. The maximum atomic E-state index is 12.0. The normalized spacial score (nSPS) is 22.9. The number of nitrogens with zero attached hydrogens (tertiary/aromatic N) is 1. The molecule has 0 radical (unpaired) electrons. The molecule has 0 fully saturated rings. The van der Waals surface area contributed by atoms with Crippen LogP contribution in [-0.4, -0.2) is 30.1 Å². The van der Waals surface area contributed by atoms with Crippen LogP contribution in [0.25, 0.3) is 0 Å². The molecule has 1 aromatic rings. The number of amides is 2. The van der Waals surface area contributed by atoms with Gasteiger partial charge in [0.1, 0.15) is 6.61 Å². The van der Waals surface area contributed by atoms with Gasteiger partial charge in [-0.3, -0.25) is 4.90 Å². The van der Waals surface area contributed by atoms with E-state index in [0.29, 0.717) is 17.8 Å². The van der Waals surface area contributed by atoms with Crippen molar-refractivity contribution >= 4 is 23.3 Å². The Balaban J connectivity index is 2.09. The highest BCUT2D eigenvalue weighted by atomic mass is 32.1. The van der Waals surface area contributed by atoms with Crippen LogP contribution in [0, 0.1) is 0 Å². The molecule has 0 unspecified atom stereocenters. The van der Waals surface area contributed by atoms with Crippen molar-refractivity contribution in [2.45, 2.75) is 13.0 Å². The van der Waals surface area contributed by atoms with E-state index >= 15 is 0 Å². The zero-order valence-corrected chi connectivity index (χ0v) is 10.6. The number of urea groups is 1. The standard InChI is InChI=1S/C12H12N2O3S/c1-2-14-7-6-17-11(15)9(7)10(13-12(14)16)8-4-3-5-18-8/h3-5,10H,2,6H2,1H3,(H,13,16)/t10-/m1/s1. The van der Waals surface area contributed by atoms with E-state index in [-0.39, 0.29) is 24.6 Å². The number of nitrogens with one attached hydrogen (secondary N) is 1. The summed E-state index contributed by atoms with van der Waals surface area (Å²) >= 11 is 1.52.